The second-order valence-electron chi connectivity index (χ2n) is 4.67. The monoisotopic (exact) mass is 253 g/mol. The molecule has 0 aliphatic carbocycles. The lowest BCUT2D eigenvalue weighted by atomic mass is 9.96. The van der Waals surface area contributed by atoms with Crippen molar-refractivity contribution in [3.05, 3.63) is 16.1 Å². The first-order valence-electron chi connectivity index (χ1n) is 6.08. The summed E-state index contributed by atoms with van der Waals surface area (Å²) in [7, 11) is 0. The fraction of sp³-hybridized carbons (Fsp3) is 0.667. The zero-order valence-electron chi connectivity index (χ0n) is 10.3. The summed E-state index contributed by atoms with van der Waals surface area (Å²) in [4.78, 5) is 18.5. The highest BCUT2D eigenvalue weighted by Gasteiger charge is 2.30. The third-order valence-electron chi connectivity index (χ3n) is 3.26. The van der Waals surface area contributed by atoms with Crippen LogP contribution in [-0.2, 0) is 0 Å². The number of hydrogen-bond acceptors (Lipinski definition) is 4. The summed E-state index contributed by atoms with van der Waals surface area (Å²) in [6.45, 7) is 4.70. The van der Waals surface area contributed by atoms with Crippen molar-refractivity contribution < 1.29 is 4.79 Å². The van der Waals surface area contributed by atoms with Crippen LogP contribution in [0.1, 0.15) is 41.7 Å². The predicted octanol–water partition coefficient (Wildman–Crippen LogP) is 1.79. The number of hydrogen-bond donors (Lipinski definition) is 1. The molecule has 1 aromatic rings. The highest BCUT2D eigenvalue weighted by Crippen LogP contribution is 2.22. The fourth-order valence-electron chi connectivity index (χ4n) is 2.36. The number of aryl methyl sites for hydroxylation is 1. The van der Waals surface area contributed by atoms with Crippen molar-refractivity contribution in [2.75, 3.05) is 6.54 Å². The first-order chi connectivity index (χ1) is 8.09. The molecule has 1 aliphatic rings. The molecule has 94 valence electrons. The molecule has 1 saturated heterocycles. The summed E-state index contributed by atoms with van der Waals surface area (Å²) in [5.74, 6) is 0.0383. The van der Waals surface area contributed by atoms with Crippen LogP contribution in [0.2, 0.25) is 0 Å². The minimum Gasteiger partial charge on any atom is -0.333 e. The van der Waals surface area contributed by atoms with E-state index in [0.29, 0.717) is 5.69 Å². The van der Waals surface area contributed by atoms with Crippen LogP contribution in [0.15, 0.2) is 5.38 Å². The van der Waals surface area contributed by atoms with E-state index in [0.717, 1.165) is 30.8 Å². The SMILES string of the molecule is Cc1nc(C(=O)N2CCCCC2C(C)N)cs1. The van der Waals surface area contributed by atoms with E-state index >= 15 is 0 Å². The smallest absolute Gasteiger partial charge is 0.273 e. The summed E-state index contributed by atoms with van der Waals surface area (Å²) < 4.78 is 0. The number of likely N-dealkylation sites (tertiary alicyclic amines) is 1. The molecule has 1 aliphatic heterocycles. The van der Waals surface area contributed by atoms with Crippen LogP contribution in [0.5, 0.6) is 0 Å². The van der Waals surface area contributed by atoms with E-state index in [1.807, 2.05) is 24.1 Å². The molecule has 5 heteroatoms. The van der Waals surface area contributed by atoms with Gasteiger partial charge in [0.1, 0.15) is 5.69 Å². The molecule has 1 fully saturated rings. The van der Waals surface area contributed by atoms with Crippen molar-refractivity contribution >= 4 is 17.2 Å². The number of carbonyl (C=O) groups is 1. The number of thiazole rings is 1. The molecule has 2 atom stereocenters. The third-order valence-corrected chi connectivity index (χ3v) is 4.03. The molecule has 17 heavy (non-hydrogen) atoms. The maximum atomic E-state index is 12.3. The summed E-state index contributed by atoms with van der Waals surface area (Å²) in [5.41, 5.74) is 6.54. The van der Waals surface area contributed by atoms with Gasteiger partial charge < -0.3 is 10.6 Å². The number of piperidine rings is 1. The molecule has 1 aromatic heterocycles. The molecule has 0 radical (unpaired) electrons. The Morgan fingerprint density at radius 2 is 2.41 bits per heavy atom. The van der Waals surface area contributed by atoms with E-state index in [2.05, 4.69) is 4.98 Å². The van der Waals surface area contributed by atoms with Gasteiger partial charge >= 0.3 is 0 Å². The highest BCUT2D eigenvalue weighted by molar-refractivity contribution is 7.09. The average molecular weight is 253 g/mol. The van der Waals surface area contributed by atoms with Gasteiger partial charge in [-0.25, -0.2) is 4.98 Å². The van der Waals surface area contributed by atoms with Gasteiger partial charge in [0.05, 0.1) is 5.01 Å². The summed E-state index contributed by atoms with van der Waals surface area (Å²) in [6.07, 6.45) is 3.23. The first-order valence-corrected chi connectivity index (χ1v) is 6.96. The minimum absolute atomic E-state index is 0.0268. The van der Waals surface area contributed by atoms with Crippen LogP contribution in [0.4, 0.5) is 0 Å². The number of nitrogens with two attached hydrogens (primary N) is 1. The van der Waals surface area contributed by atoms with Crippen LogP contribution in [0.3, 0.4) is 0 Å². The lowest BCUT2D eigenvalue weighted by Crippen LogP contribution is -2.51. The molecular formula is C12H19N3OS. The van der Waals surface area contributed by atoms with Gasteiger partial charge in [0, 0.05) is 24.0 Å². The molecule has 2 rings (SSSR count). The largest absolute Gasteiger partial charge is 0.333 e. The van der Waals surface area contributed by atoms with E-state index in [9.17, 15) is 4.79 Å². The van der Waals surface area contributed by atoms with Crippen LogP contribution in [0.25, 0.3) is 0 Å². The van der Waals surface area contributed by atoms with Gasteiger partial charge in [-0.15, -0.1) is 11.3 Å². The lowest BCUT2D eigenvalue weighted by Gasteiger charge is -2.37. The molecule has 0 aromatic carbocycles. The normalized spacial score (nSPS) is 22.5. The Kier molecular flexibility index (Phi) is 3.79. The van der Waals surface area contributed by atoms with Crippen molar-refractivity contribution in [3.63, 3.8) is 0 Å². The molecule has 1 amide bonds. The van der Waals surface area contributed by atoms with Gasteiger partial charge in [0.25, 0.3) is 5.91 Å². The second-order valence-corrected chi connectivity index (χ2v) is 5.73. The summed E-state index contributed by atoms with van der Waals surface area (Å²) in [5, 5.41) is 2.77. The van der Waals surface area contributed by atoms with Crippen molar-refractivity contribution in [1.82, 2.24) is 9.88 Å². The number of aromatic nitrogens is 1. The maximum Gasteiger partial charge on any atom is 0.273 e. The molecule has 2 unspecified atom stereocenters. The van der Waals surface area contributed by atoms with Gasteiger partial charge in [0.15, 0.2) is 0 Å². The molecule has 4 nitrogen and oxygen atoms in total. The number of carbonyl (C=O) groups excluding carboxylic acids is 1. The first kappa shape index (κ1) is 12.5. The standard InChI is InChI=1S/C12H19N3OS/c1-8(13)11-5-3-4-6-15(11)12(16)10-7-17-9(2)14-10/h7-8,11H,3-6,13H2,1-2H3. The van der Waals surface area contributed by atoms with Crippen LogP contribution in [0, 0.1) is 6.92 Å². The molecule has 2 N–H and O–H groups in total. The van der Waals surface area contributed by atoms with Crippen molar-refractivity contribution in [2.45, 2.75) is 45.2 Å². The molecule has 0 saturated carbocycles. The van der Waals surface area contributed by atoms with Crippen molar-refractivity contribution in [2.24, 2.45) is 5.73 Å². The van der Waals surface area contributed by atoms with Crippen molar-refractivity contribution in [1.29, 1.82) is 0 Å². The van der Waals surface area contributed by atoms with Crippen LogP contribution in [-0.4, -0.2) is 34.4 Å². The number of nitrogens with zero attached hydrogens (tertiary/aromatic N) is 2. The molecule has 0 bridgehead atoms. The Hall–Kier alpha value is -0.940. The Balaban J connectivity index is 2.16. The summed E-state index contributed by atoms with van der Waals surface area (Å²) >= 11 is 1.52. The molecular weight excluding hydrogens is 234 g/mol. The average Bonchev–Trinajstić information content (AvgIpc) is 2.75. The zero-order valence-corrected chi connectivity index (χ0v) is 11.2. The minimum atomic E-state index is 0.0268. The fourth-order valence-corrected chi connectivity index (χ4v) is 2.95. The Labute approximate surface area is 106 Å². The lowest BCUT2D eigenvalue weighted by molar-refractivity contribution is 0.0578. The molecule has 0 spiro atoms. The topological polar surface area (TPSA) is 59.2 Å². The maximum absolute atomic E-state index is 12.3. The Bertz CT molecular complexity index is 402. The zero-order chi connectivity index (χ0) is 12.4. The van der Waals surface area contributed by atoms with E-state index in [4.69, 9.17) is 5.73 Å². The molecule has 2 heterocycles. The van der Waals surface area contributed by atoms with Gasteiger partial charge in [-0.05, 0) is 33.1 Å². The second kappa shape index (κ2) is 5.14. The van der Waals surface area contributed by atoms with Gasteiger partial charge in [-0.2, -0.15) is 0 Å². The number of rotatable bonds is 2. The van der Waals surface area contributed by atoms with Crippen LogP contribution < -0.4 is 5.73 Å². The van der Waals surface area contributed by atoms with Gasteiger partial charge in [0.2, 0.25) is 0 Å². The van der Waals surface area contributed by atoms with Crippen molar-refractivity contribution in [3.8, 4) is 0 Å². The van der Waals surface area contributed by atoms with Crippen LogP contribution >= 0.6 is 11.3 Å². The highest BCUT2D eigenvalue weighted by atomic mass is 32.1. The van der Waals surface area contributed by atoms with E-state index in [1.54, 1.807) is 0 Å². The van der Waals surface area contributed by atoms with E-state index < -0.39 is 0 Å². The quantitative estimate of drug-likeness (QED) is 0.874. The summed E-state index contributed by atoms with van der Waals surface area (Å²) in [6, 6.07) is 0.192. The third kappa shape index (κ3) is 2.66. The number of amides is 1. The van der Waals surface area contributed by atoms with E-state index in [1.165, 1.54) is 11.3 Å². The van der Waals surface area contributed by atoms with Gasteiger partial charge in [-0.1, -0.05) is 0 Å². The predicted molar refractivity (Wildman–Crippen MR) is 69.2 cm³/mol. The Morgan fingerprint density at radius 1 is 1.65 bits per heavy atom. The Morgan fingerprint density at radius 3 is 3.00 bits per heavy atom. The van der Waals surface area contributed by atoms with Gasteiger partial charge in [-0.3, -0.25) is 4.79 Å². The van der Waals surface area contributed by atoms with E-state index in [-0.39, 0.29) is 18.0 Å².